The molecular formula is C26H44N2O2. The molecule has 0 saturated carbocycles. The lowest BCUT2D eigenvalue weighted by Gasteiger charge is -2.43. The van der Waals surface area contributed by atoms with Crippen LogP contribution in [0, 0.1) is 0 Å². The van der Waals surface area contributed by atoms with Gasteiger partial charge in [-0.15, -0.1) is 0 Å². The highest BCUT2D eigenvalue weighted by Crippen LogP contribution is 2.35. The highest BCUT2D eigenvalue weighted by Gasteiger charge is 2.36. The summed E-state index contributed by atoms with van der Waals surface area (Å²) in [5.41, 5.74) is 1.32. The highest BCUT2D eigenvalue weighted by molar-refractivity contribution is 5.73. The molecule has 0 aromatic heterocycles. The summed E-state index contributed by atoms with van der Waals surface area (Å²) in [6.45, 7) is 7.28. The number of aliphatic hydroxyl groups excluding tert-OH is 1. The Balaban J connectivity index is 1.70. The number of nitrogens with zero attached hydrogens (tertiary/aromatic N) is 1. The van der Waals surface area contributed by atoms with Crippen LogP contribution < -0.4 is 5.32 Å². The zero-order valence-corrected chi connectivity index (χ0v) is 19.4. The van der Waals surface area contributed by atoms with Gasteiger partial charge in [0.15, 0.2) is 0 Å². The second-order valence-corrected chi connectivity index (χ2v) is 9.27. The first-order valence-corrected chi connectivity index (χ1v) is 12.3. The van der Waals surface area contributed by atoms with E-state index in [1.807, 2.05) is 6.07 Å². The number of unbranched alkanes of at least 4 members (excludes halogenated alkanes) is 7. The van der Waals surface area contributed by atoms with Crippen LogP contribution in [-0.4, -0.2) is 48.2 Å². The molecule has 0 aliphatic carbocycles. The first-order valence-electron chi connectivity index (χ1n) is 12.3. The average molecular weight is 417 g/mol. The molecule has 1 atom stereocenters. The number of hydrogen-bond donors (Lipinski definition) is 2. The summed E-state index contributed by atoms with van der Waals surface area (Å²) in [6.07, 6.45) is 13.2. The van der Waals surface area contributed by atoms with E-state index in [1.54, 1.807) is 6.92 Å². The predicted molar refractivity (Wildman–Crippen MR) is 126 cm³/mol. The van der Waals surface area contributed by atoms with Gasteiger partial charge in [0.1, 0.15) is 0 Å². The van der Waals surface area contributed by atoms with Crippen LogP contribution in [0.15, 0.2) is 30.3 Å². The highest BCUT2D eigenvalue weighted by atomic mass is 16.3. The van der Waals surface area contributed by atoms with E-state index in [0.29, 0.717) is 6.54 Å². The normalized spacial score (nSPS) is 17.6. The molecule has 0 radical (unpaired) electrons. The van der Waals surface area contributed by atoms with Crippen LogP contribution in [0.25, 0.3) is 0 Å². The van der Waals surface area contributed by atoms with Crippen molar-refractivity contribution in [2.45, 2.75) is 96.0 Å². The van der Waals surface area contributed by atoms with Crippen LogP contribution in [0.5, 0.6) is 0 Å². The Morgan fingerprint density at radius 1 is 1.03 bits per heavy atom. The summed E-state index contributed by atoms with van der Waals surface area (Å²) in [6, 6.07) is 10.6. The van der Waals surface area contributed by atoms with Gasteiger partial charge < -0.3 is 15.3 Å². The Morgan fingerprint density at radius 2 is 1.63 bits per heavy atom. The van der Waals surface area contributed by atoms with Crippen molar-refractivity contribution in [3.8, 4) is 0 Å². The Bertz CT molecular complexity index is 582. The van der Waals surface area contributed by atoms with Crippen LogP contribution in [0.4, 0.5) is 0 Å². The van der Waals surface area contributed by atoms with E-state index in [4.69, 9.17) is 0 Å². The molecule has 2 N–H and O–H groups in total. The minimum Gasteiger partial charge on any atom is -0.392 e. The Hall–Kier alpha value is -1.39. The topological polar surface area (TPSA) is 52.6 Å². The molecule has 1 aromatic rings. The molecule has 1 fully saturated rings. The minimum atomic E-state index is -0.218. The van der Waals surface area contributed by atoms with Gasteiger partial charge in [-0.2, -0.15) is 0 Å². The maximum Gasteiger partial charge on any atom is 0.216 e. The van der Waals surface area contributed by atoms with Crippen molar-refractivity contribution in [3.63, 3.8) is 0 Å². The second-order valence-electron chi connectivity index (χ2n) is 9.27. The first kappa shape index (κ1) is 24.9. The number of hydrogen-bond acceptors (Lipinski definition) is 3. The molecule has 1 saturated heterocycles. The molecule has 1 heterocycles. The van der Waals surface area contributed by atoms with Gasteiger partial charge in [-0.1, -0.05) is 88.6 Å². The van der Waals surface area contributed by atoms with Gasteiger partial charge in [0.2, 0.25) is 5.91 Å². The number of benzene rings is 1. The van der Waals surface area contributed by atoms with Gasteiger partial charge in [-0.25, -0.2) is 0 Å². The third-order valence-electron chi connectivity index (χ3n) is 6.73. The molecule has 2 rings (SSSR count). The standard InChI is InChI=1S/C26H44N2O2/c1-3-4-5-6-7-8-9-13-16-25(30)21-28-19-17-26(18-20-28,22-27-23(2)29)24-14-11-10-12-15-24/h10-12,14-15,25,30H,3-9,13,16-22H2,1-2H3,(H,27,29). The molecule has 4 nitrogen and oxygen atoms in total. The van der Waals surface area contributed by atoms with Crippen LogP contribution in [-0.2, 0) is 10.2 Å². The summed E-state index contributed by atoms with van der Waals surface area (Å²) < 4.78 is 0. The lowest BCUT2D eigenvalue weighted by Crippen LogP contribution is -2.50. The SMILES string of the molecule is CCCCCCCCCCC(O)CN1CCC(CNC(C)=O)(c2ccccc2)CC1. The molecule has 170 valence electrons. The number of likely N-dealkylation sites (tertiary alicyclic amines) is 1. The molecule has 1 aromatic carbocycles. The lowest BCUT2D eigenvalue weighted by atomic mass is 9.72. The van der Waals surface area contributed by atoms with E-state index in [-0.39, 0.29) is 17.4 Å². The van der Waals surface area contributed by atoms with Gasteiger partial charge in [0, 0.05) is 25.4 Å². The van der Waals surface area contributed by atoms with Crippen molar-refractivity contribution in [3.05, 3.63) is 35.9 Å². The van der Waals surface area contributed by atoms with E-state index in [9.17, 15) is 9.90 Å². The van der Waals surface area contributed by atoms with E-state index in [0.717, 1.165) is 45.3 Å². The largest absolute Gasteiger partial charge is 0.392 e. The zero-order valence-electron chi connectivity index (χ0n) is 19.4. The van der Waals surface area contributed by atoms with Gasteiger partial charge in [0.05, 0.1) is 6.10 Å². The molecular weight excluding hydrogens is 372 g/mol. The lowest BCUT2D eigenvalue weighted by molar-refractivity contribution is -0.119. The van der Waals surface area contributed by atoms with Crippen LogP contribution in [0.3, 0.4) is 0 Å². The van der Waals surface area contributed by atoms with Crippen LogP contribution in [0.1, 0.15) is 90.0 Å². The Labute approximate surface area is 184 Å². The van der Waals surface area contributed by atoms with E-state index >= 15 is 0 Å². The predicted octanol–water partition coefficient (Wildman–Crippen LogP) is 5.05. The summed E-state index contributed by atoms with van der Waals surface area (Å²) in [5.74, 6) is 0.0357. The number of β-amino-alcohol motifs (C(OH)–C–C–N with tert-alkyl or cyclic N) is 1. The summed E-state index contributed by atoms with van der Waals surface area (Å²) >= 11 is 0. The van der Waals surface area contributed by atoms with E-state index in [1.165, 1.54) is 50.5 Å². The van der Waals surface area contributed by atoms with Gasteiger partial charge in [-0.05, 0) is 37.9 Å². The summed E-state index contributed by atoms with van der Waals surface area (Å²) in [5, 5.41) is 13.6. The molecule has 1 amide bonds. The second kappa shape index (κ2) is 13.8. The van der Waals surface area contributed by atoms with Crippen molar-refractivity contribution in [2.24, 2.45) is 0 Å². The summed E-state index contributed by atoms with van der Waals surface area (Å²) in [4.78, 5) is 13.9. The van der Waals surface area contributed by atoms with Crippen LogP contribution >= 0.6 is 0 Å². The van der Waals surface area contributed by atoms with Gasteiger partial charge >= 0.3 is 0 Å². The molecule has 1 aliphatic rings. The van der Waals surface area contributed by atoms with Crippen molar-refractivity contribution >= 4 is 5.91 Å². The monoisotopic (exact) mass is 416 g/mol. The third-order valence-corrected chi connectivity index (χ3v) is 6.73. The quantitative estimate of drug-likeness (QED) is 0.417. The van der Waals surface area contributed by atoms with E-state index < -0.39 is 0 Å². The van der Waals surface area contributed by atoms with Crippen molar-refractivity contribution in [1.29, 1.82) is 0 Å². The third kappa shape index (κ3) is 8.77. The molecule has 0 spiro atoms. The smallest absolute Gasteiger partial charge is 0.216 e. The van der Waals surface area contributed by atoms with Crippen LogP contribution in [0.2, 0.25) is 0 Å². The molecule has 30 heavy (non-hydrogen) atoms. The van der Waals surface area contributed by atoms with E-state index in [2.05, 4.69) is 41.4 Å². The average Bonchev–Trinajstić information content (AvgIpc) is 2.76. The number of carbonyl (C=O) groups excluding carboxylic acids is 1. The number of aliphatic hydroxyl groups is 1. The fraction of sp³-hybridized carbons (Fsp3) is 0.731. The molecule has 0 bridgehead atoms. The number of amides is 1. The van der Waals surface area contributed by atoms with Crippen molar-refractivity contribution < 1.29 is 9.90 Å². The maximum absolute atomic E-state index is 11.5. The van der Waals surface area contributed by atoms with Gasteiger partial charge in [-0.3, -0.25) is 4.79 Å². The number of rotatable bonds is 14. The molecule has 1 unspecified atom stereocenters. The Kier molecular flexibility index (Phi) is 11.5. The molecule has 1 aliphatic heterocycles. The number of carbonyl (C=O) groups is 1. The number of piperidine rings is 1. The number of nitrogens with one attached hydrogen (secondary N) is 1. The Morgan fingerprint density at radius 3 is 2.23 bits per heavy atom. The van der Waals surface area contributed by atoms with Crippen molar-refractivity contribution in [1.82, 2.24) is 10.2 Å². The fourth-order valence-corrected chi connectivity index (χ4v) is 4.72. The summed E-state index contributed by atoms with van der Waals surface area (Å²) in [7, 11) is 0. The molecule has 4 heteroatoms. The maximum atomic E-state index is 11.5. The van der Waals surface area contributed by atoms with Gasteiger partial charge in [0.25, 0.3) is 0 Å². The van der Waals surface area contributed by atoms with Crippen molar-refractivity contribution in [2.75, 3.05) is 26.2 Å². The fourth-order valence-electron chi connectivity index (χ4n) is 4.72. The minimum absolute atomic E-state index is 0.00611. The first-order chi connectivity index (χ1) is 14.6. The zero-order chi connectivity index (χ0) is 21.7.